The van der Waals surface area contributed by atoms with E-state index in [1.807, 2.05) is 0 Å². The van der Waals surface area contributed by atoms with Crippen LogP contribution < -0.4 is 0 Å². The molecule has 2 aliphatic rings. The Morgan fingerprint density at radius 2 is 1.62 bits per heavy atom. The quantitative estimate of drug-likeness (QED) is 0.633. The molecule has 0 aromatic carbocycles. The lowest BCUT2D eigenvalue weighted by Crippen LogP contribution is -2.45. The first-order valence-electron chi connectivity index (χ1n) is 6.01. The van der Waals surface area contributed by atoms with Gasteiger partial charge in [0.2, 0.25) is 0 Å². The van der Waals surface area contributed by atoms with E-state index in [-0.39, 0.29) is 0 Å². The second-order valence-corrected chi connectivity index (χ2v) is 5.20. The maximum Gasteiger partial charge on any atom is 0.00952 e. The summed E-state index contributed by atoms with van der Waals surface area (Å²) in [7, 11) is 0. The zero-order chi connectivity index (χ0) is 9.26. The summed E-state index contributed by atoms with van der Waals surface area (Å²) < 4.78 is 0. The van der Waals surface area contributed by atoms with Crippen LogP contribution in [-0.2, 0) is 0 Å². The van der Waals surface area contributed by atoms with E-state index in [9.17, 15) is 0 Å². The van der Waals surface area contributed by atoms with Crippen LogP contribution in [0.4, 0.5) is 0 Å². The SMILES string of the molecule is CC(C)C1CCN(C2CCC2)CC1. The fourth-order valence-corrected chi connectivity index (χ4v) is 2.70. The van der Waals surface area contributed by atoms with Crippen LogP contribution in [0, 0.1) is 11.8 Å². The maximum absolute atomic E-state index is 2.74. The van der Waals surface area contributed by atoms with Gasteiger partial charge in [0, 0.05) is 6.04 Å². The lowest BCUT2D eigenvalue weighted by Gasteiger charge is -2.42. The molecule has 1 heterocycles. The largest absolute Gasteiger partial charge is 0.300 e. The van der Waals surface area contributed by atoms with Gasteiger partial charge in [-0.1, -0.05) is 20.3 Å². The second kappa shape index (κ2) is 4.00. The predicted octanol–water partition coefficient (Wildman–Crippen LogP) is 2.91. The average Bonchev–Trinajstić information content (AvgIpc) is 2.02. The van der Waals surface area contributed by atoms with E-state index in [1.54, 1.807) is 0 Å². The monoisotopic (exact) mass is 181 g/mol. The minimum absolute atomic E-state index is 0.906. The summed E-state index contributed by atoms with van der Waals surface area (Å²) >= 11 is 0. The van der Waals surface area contributed by atoms with Crippen LogP contribution in [0.3, 0.4) is 0 Å². The molecule has 1 saturated carbocycles. The Kier molecular flexibility index (Phi) is 2.92. The Morgan fingerprint density at radius 3 is 2.00 bits per heavy atom. The molecule has 0 spiro atoms. The molecular formula is C12H23N. The molecule has 0 N–H and O–H groups in total. The van der Waals surface area contributed by atoms with Crippen molar-refractivity contribution in [2.24, 2.45) is 11.8 Å². The van der Waals surface area contributed by atoms with Crippen molar-refractivity contribution in [2.45, 2.75) is 52.0 Å². The minimum atomic E-state index is 0.906. The van der Waals surface area contributed by atoms with Crippen molar-refractivity contribution < 1.29 is 0 Å². The molecule has 0 atom stereocenters. The van der Waals surface area contributed by atoms with Crippen LogP contribution in [0.5, 0.6) is 0 Å². The molecule has 1 nitrogen and oxygen atoms in total. The van der Waals surface area contributed by atoms with E-state index < -0.39 is 0 Å². The normalized spacial score (nSPS) is 27.9. The van der Waals surface area contributed by atoms with Crippen LogP contribution >= 0.6 is 0 Å². The first-order valence-corrected chi connectivity index (χ1v) is 6.01. The molecule has 13 heavy (non-hydrogen) atoms. The molecule has 2 rings (SSSR count). The fraction of sp³-hybridized carbons (Fsp3) is 1.00. The molecule has 0 unspecified atom stereocenters. The van der Waals surface area contributed by atoms with Crippen LogP contribution in [0.15, 0.2) is 0 Å². The molecule has 0 amide bonds. The third-order valence-corrected chi connectivity index (χ3v) is 4.11. The molecule has 2 fully saturated rings. The van der Waals surface area contributed by atoms with Crippen molar-refractivity contribution in [2.75, 3.05) is 13.1 Å². The lowest BCUT2D eigenvalue weighted by atomic mass is 9.84. The highest BCUT2D eigenvalue weighted by molar-refractivity contribution is 4.84. The topological polar surface area (TPSA) is 3.24 Å². The first-order chi connectivity index (χ1) is 6.27. The third kappa shape index (κ3) is 2.07. The molecule has 1 heteroatoms. The highest BCUT2D eigenvalue weighted by atomic mass is 15.2. The molecule has 76 valence electrons. The molecule has 0 aromatic heterocycles. The number of hydrogen-bond acceptors (Lipinski definition) is 1. The summed E-state index contributed by atoms with van der Waals surface area (Å²) in [6.45, 7) is 7.52. The Morgan fingerprint density at radius 1 is 1.00 bits per heavy atom. The summed E-state index contributed by atoms with van der Waals surface area (Å²) in [4.78, 5) is 2.74. The van der Waals surface area contributed by atoms with Crippen molar-refractivity contribution in [3.8, 4) is 0 Å². The van der Waals surface area contributed by atoms with Gasteiger partial charge in [0.1, 0.15) is 0 Å². The van der Waals surface area contributed by atoms with Gasteiger partial charge in [-0.3, -0.25) is 0 Å². The Bertz CT molecular complexity index is 153. The molecule has 1 aliphatic heterocycles. The van der Waals surface area contributed by atoms with E-state index in [1.165, 1.54) is 45.2 Å². The van der Waals surface area contributed by atoms with E-state index in [0.717, 1.165) is 17.9 Å². The van der Waals surface area contributed by atoms with Gasteiger partial charge < -0.3 is 4.90 Å². The van der Waals surface area contributed by atoms with E-state index in [4.69, 9.17) is 0 Å². The number of piperidine rings is 1. The number of rotatable bonds is 2. The summed E-state index contributed by atoms with van der Waals surface area (Å²) in [5, 5.41) is 0. The van der Waals surface area contributed by atoms with Crippen molar-refractivity contribution in [3.63, 3.8) is 0 Å². The Labute approximate surface area is 82.5 Å². The number of hydrogen-bond donors (Lipinski definition) is 0. The summed E-state index contributed by atoms with van der Waals surface area (Å²) in [5.41, 5.74) is 0. The van der Waals surface area contributed by atoms with Crippen molar-refractivity contribution in [1.29, 1.82) is 0 Å². The van der Waals surface area contributed by atoms with Crippen LogP contribution in [-0.4, -0.2) is 24.0 Å². The van der Waals surface area contributed by atoms with E-state index in [0.29, 0.717) is 0 Å². The molecule has 1 saturated heterocycles. The zero-order valence-electron chi connectivity index (χ0n) is 9.13. The van der Waals surface area contributed by atoms with Gasteiger partial charge in [0.05, 0.1) is 0 Å². The second-order valence-electron chi connectivity index (χ2n) is 5.20. The number of likely N-dealkylation sites (tertiary alicyclic amines) is 1. The van der Waals surface area contributed by atoms with E-state index in [2.05, 4.69) is 18.7 Å². The smallest absolute Gasteiger partial charge is 0.00952 e. The molecule has 0 radical (unpaired) electrons. The van der Waals surface area contributed by atoms with Crippen molar-refractivity contribution >= 4 is 0 Å². The summed E-state index contributed by atoms with van der Waals surface area (Å²) in [6, 6.07) is 0.980. The van der Waals surface area contributed by atoms with Gasteiger partial charge in [-0.25, -0.2) is 0 Å². The molecule has 0 bridgehead atoms. The van der Waals surface area contributed by atoms with Gasteiger partial charge >= 0.3 is 0 Å². The van der Waals surface area contributed by atoms with Gasteiger partial charge in [-0.2, -0.15) is 0 Å². The summed E-state index contributed by atoms with van der Waals surface area (Å²) in [5.74, 6) is 1.92. The van der Waals surface area contributed by atoms with Gasteiger partial charge in [0.25, 0.3) is 0 Å². The molecular weight excluding hydrogens is 158 g/mol. The fourth-order valence-electron chi connectivity index (χ4n) is 2.70. The van der Waals surface area contributed by atoms with Crippen LogP contribution in [0.25, 0.3) is 0 Å². The standard InChI is InChI=1S/C12H23N/c1-10(2)11-6-8-13(9-7-11)12-4-3-5-12/h10-12H,3-9H2,1-2H3. The third-order valence-electron chi connectivity index (χ3n) is 4.11. The highest BCUT2D eigenvalue weighted by Gasteiger charge is 2.29. The average molecular weight is 181 g/mol. The maximum atomic E-state index is 2.74. The van der Waals surface area contributed by atoms with E-state index >= 15 is 0 Å². The Balaban J connectivity index is 1.75. The van der Waals surface area contributed by atoms with Gasteiger partial charge in [0.15, 0.2) is 0 Å². The van der Waals surface area contributed by atoms with Crippen molar-refractivity contribution in [1.82, 2.24) is 4.90 Å². The minimum Gasteiger partial charge on any atom is -0.300 e. The number of nitrogens with zero attached hydrogens (tertiary/aromatic N) is 1. The molecule has 0 aromatic rings. The zero-order valence-corrected chi connectivity index (χ0v) is 9.13. The van der Waals surface area contributed by atoms with Gasteiger partial charge in [-0.15, -0.1) is 0 Å². The van der Waals surface area contributed by atoms with Crippen molar-refractivity contribution in [3.05, 3.63) is 0 Å². The predicted molar refractivity (Wildman–Crippen MR) is 56.8 cm³/mol. The Hall–Kier alpha value is -0.0400. The van der Waals surface area contributed by atoms with Gasteiger partial charge in [-0.05, 0) is 50.6 Å². The van der Waals surface area contributed by atoms with Crippen LogP contribution in [0.1, 0.15) is 46.0 Å². The summed E-state index contributed by atoms with van der Waals surface area (Å²) in [6.07, 6.45) is 7.34. The lowest BCUT2D eigenvalue weighted by molar-refractivity contribution is 0.0738. The highest BCUT2D eigenvalue weighted by Crippen LogP contribution is 2.31. The first kappa shape index (κ1) is 9.51. The molecule has 1 aliphatic carbocycles. The van der Waals surface area contributed by atoms with Crippen LogP contribution in [0.2, 0.25) is 0 Å².